The van der Waals surface area contributed by atoms with Crippen molar-refractivity contribution in [2.24, 2.45) is 0 Å². The molecule has 4 aromatic rings. The van der Waals surface area contributed by atoms with E-state index in [4.69, 9.17) is 0 Å². The van der Waals surface area contributed by atoms with E-state index in [1.54, 1.807) is 0 Å². The Morgan fingerprint density at radius 2 is 1.18 bits per heavy atom. The minimum Gasteiger partial charge on any atom is -0.505 e. The van der Waals surface area contributed by atoms with Gasteiger partial charge in [-0.3, -0.25) is 0 Å². The van der Waals surface area contributed by atoms with Crippen LogP contribution in [-0.4, -0.2) is 5.11 Å². The van der Waals surface area contributed by atoms with Gasteiger partial charge >= 0.3 is 0 Å². The highest BCUT2D eigenvalue weighted by atomic mass is 16.3. The number of aliphatic hydroxyl groups excluding tert-OH is 1. The molecule has 1 aliphatic heterocycles. The van der Waals surface area contributed by atoms with Gasteiger partial charge in [-0.1, -0.05) is 78.9 Å². The maximum Gasteiger partial charge on any atom is 0.241 e. The molecule has 0 aliphatic carbocycles. The highest BCUT2D eigenvalue weighted by Crippen LogP contribution is 2.33. The molecule has 0 amide bonds. The lowest BCUT2D eigenvalue weighted by Crippen LogP contribution is -2.42. The van der Waals surface area contributed by atoms with E-state index >= 15 is 0 Å². The molecule has 0 radical (unpaired) electrons. The SMILES string of the molecule is OC1=Cc2cc(-c3ccccc3)cc(-c3ccccc3)[n+]2C1c1ccccc1. The summed E-state index contributed by atoms with van der Waals surface area (Å²) in [4.78, 5) is 0. The molecule has 1 aromatic heterocycles. The van der Waals surface area contributed by atoms with Crippen LogP contribution in [0, 0.1) is 0 Å². The number of benzene rings is 3. The number of fused-ring (bicyclic) bond motifs is 1. The zero-order valence-corrected chi connectivity index (χ0v) is 15.4. The molecule has 1 unspecified atom stereocenters. The second kappa shape index (κ2) is 6.82. The van der Waals surface area contributed by atoms with Gasteiger partial charge in [-0.2, -0.15) is 4.57 Å². The number of hydrogen-bond acceptors (Lipinski definition) is 1. The van der Waals surface area contributed by atoms with Gasteiger partial charge in [-0.05, 0) is 23.3 Å². The summed E-state index contributed by atoms with van der Waals surface area (Å²) in [5.74, 6) is 0.369. The monoisotopic (exact) mass is 362 g/mol. The van der Waals surface area contributed by atoms with Crippen molar-refractivity contribution in [3.05, 3.63) is 120 Å². The van der Waals surface area contributed by atoms with Gasteiger partial charge in [-0.15, -0.1) is 0 Å². The number of rotatable bonds is 3. The first-order valence-corrected chi connectivity index (χ1v) is 9.47. The largest absolute Gasteiger partial charge is 0.505 e. The minimum absolute atomic E-state index is 0.212. The van der Waals surface area contributed by atoms with E-state index in [2.05, 4.69) is 77.4 Å². The molecular weight excluding hydrogens is 342 g/mol. The molecule has 1 aliphatic rings. The van der Waals surface area contributed by atoms with Crippen LogP contribution in [0.2, 0.25) is 0 Å². The van der Waals surface area contributed by atoms with Crippen LogP contribution in [-0.2, 0) is 0 Å². The van der Waals surface area contributed by atoms with Crippen LogP contribution < -0.4 is 4.57 Å². The number of aliphatic hydroxyl groups is 1. The first-order chi connectivity index (χ1) is 13.8. The summed E-state index contributed by atoms with van der Waals surface area (Å²) < 4.78 is 2.23. The third-order valence-corrected chi connectivity index (χ3v) is 5.26. The van der Waals surface area contributed by atoms with E-state index < -0.39 is 0 Å². The van der Waals surface area contributed by atoms with Gasteiger partial charge in [0, 0.05) is 23.3 Å². The average molecular weight is 362 g/mol. The number of nitrogens with zero attached hydrogens (tertiary/aromatic N) is 1. The van der Waals surface area contributed by atoms with Gasteiger partial charge in [0.2, 0.25) is 17.4 Å². The zero-order chi connectivity index (χ0) is 18.9. The maximum atomic E-state index is 10.8. The predicted octanol–water partition coefficient (Wildman–Crippen LogP) is 5.81. The van der Waals surface area contributed by atoms with Crippen LogP contribution >= 0.6 is 0 Å². The van der Waals surface area contributed by atoms with Gasteiger partial charge in [-0.25, -0.2) is 0 Å². The summed E-state index contributed by atoms with van der Waals surface area (Å²) >= 11 is 0. The molecule has 2 nitrogen and oxygen atoms in total. The molecule has 0 saturated carbocycles. The Hall–Kier alpha value is -3.65. The summed E-state index contributed by atoms with van der Waals surface area (Å²) in [5, 5.41) is 10.8. The van der Waals surface area contributed by atoms with E-state index in [1.807, 2.05) is 36.4 Å². The molecule has 0 spiro atoms. The summed E-state index contributed by atoms with van der Waals surface area (Å²) in [5.41, 5.74) is 6.61. The molecule has 3 aromatic carbocycles. The molecule has 134 valence electrons. The van der Waals surface area contributed by atoms with Crippen LogP contribution in [0.15, 0.2) is 109 Å². The van der Waals surface area contributed by atoms with Crippen LogP contribution in [0.25, 0.3) is 28.5 Å². The lowest BCUT2D eigenvalue weighted by molar-refractivity contribution is -0.694. The van der Waals surface area contributed by atoms with Crippen molar-refractivity contribution in [1.82, 2.24) is 0 Å². The molecule has 1 N–H and O–H groups in total. The molecule has 28 heavy (non-hydrogen) atoms. The first kappa shape index (κ1) is 16.5. The number of hydrogen-bond donors (Lipinski definition) is 1. The second-order valence-corrected chi connectivity index (χ2v) is 7.04. The van der Waals surface area contributed by atoms with Gasteiger partial charge in [0.05, 0.1) is 6.08 Å². The number of pyridine rings is 1. The summed E-state index contributed by atoms with van der Waals surface area (Å²) in [6.45, 7) is 0. The fourth-order valence-electron chi connectivity index (χ4n) is 3.97. The Labute approximate surface area is 164 Å². The average Bonchev–Trinajstić information content (AvgIpc) is 3.10. The van der Waals surface area contributed by atoms with Crippen molar-refractivity contribution >= 4 is 6.08 Å². The predicted molar refractivity (Wildman–Crippen MR) is 113 cm³/mol. The minimum atomic E-state index is -0.212. The van der Waals surface area contributed by atoms with Gasteiger partial charge in [0.15, 0.2) is 5.76 Å². The highest BCUT2D eigenvalue weighted by Gasteiger charge is 2.38. The lowest BCUT2D eigenvalue weighted by Gasteiger charge is -2.14. The zero-order valence-electron chi connectivity index (χ0n) is 15.4. The molecule has 2 heteroatoms. The molecule has 1 atom stereocenters. The number of allylic oxidation sites excluding steroid dienone is 1. The summed E-state index contributed by atoms with van der Waals surface area (Å²) in [7, 11) is 0. The smallest absolute Gasteiger partial charge is 0.241 e. The molecule has 5 rings (SSSR count). The lowest BCUT2D eigenvalue weighted by atomic mass is 10.0. The van der Waals surface area contributed by atoms with Crippen LogP contribution in [0.4, 0.5) is 0 Å². The van der Waals surface area contributed by atoms with E-state index in [9.17, 15) is 5.11 Å². The molecule has 0 bridgehead atoms. The van der Waals surface area contributed by atoms with Crippen molar-refractivity contribution in [3.63, 3.8) is 0 Å². The summed E-state index contributed by atoms with van der Waals surface area (Å²) in [6, 6.07) is 35.1. The first-order valence-electron chi connectivity index (χ1n) is 9.47. The number of aromatic nitrogens is 1. The topological polar surface area (TPSA) is 24.1 Å². The standard InChI is InChI=1S/C26H19NO/c28-25-18-23-16-22(19-10-4-1-5-11-19)17-24(20-12-6-2-7-13-20)27(23)26(25)21-14-8-3-9-15-21/h1-18,26H/p+1. The van der Waals surface area contributed by atoms with Crippen molar-refractivity contribution in [3.8, 4) is 22.4 Å². The highest BCUT2D eigenvalue weighted by molar-refractivity contribution is 5.72. The third kappa shape index (κ3) is 2.80. The molecule has 0 fully saturated rings. The Balaban J connectivity index is 1.77. The molecule has 2 heterocycles. The van der Waals surface area contributed by atoms with Crippen molar-refractivity contribution < 1.29 is 9.67 Å². The van der Waals surface area contributed by atoms with E-state index in [0.717, 1.165) is 28.1 Å². The molecular formula is C26H20NO+. The van der Waals surface area contributed by atoms with Gasteiger partial charge < -0.3 is 5.11 Å². The quantitative estimate of drug-likeness (QED) is 0.457. The van der Waals surface area contributed by atoms with Crippen LogP contribution in [0.1, 0.15) is 17.3 Å². The van der Waals surface area contributed by atoms with Crippen molar-refractivity contribution in [1.29, 1.82) is 0 Å². The van der Waals surface area contributed by atoms with Gasteiger partial charge in [0.1, 0.15) is 0 Å². The Morgan fingerprint density at radius 1 is 0.607 bits per heavy atom. The Morgan fingerprint density at radius 3 is 1.82 bits per heavy atom. The Bertz CT molecular complexity index is 1150. The van der Waals surface area contributed by atoms with Crippen molar-refractivity contribution in [2.75, 3.05) is 0 Å². The maximum absolute atomic E-state index is 10.8. The normalized spacial score (nSPS) is 15.1. The van der Waals surface area contributed by atoms with E-state index in [-0.39, 0.29) is 6.04 Å². The fourth-order valence-corrected chi connectivity index (χ4v) is 3.97. The summed E-state index contributed by atoms with van der Waals surface area (Å²) in [6.07, 6.45) is 1.89. The van der Waals surface area contributed by atoms with Crippen molar-refractivity contribution in [2.45, 2.75) is 6.04 Å². The third-order valence-electron chi connectivity index (χ3n) is 5.26. The Kier molecular flexibility index (Phi) is 4.02. The van der Waals surface area contributed by atoms with Crippen LogP contribution in [0.5, 0.6) is 0 Å². The van der Waals surface area contributed by atoms with Crippen LogP contribution in [0.3, 0.4) is 0 Å². The molecule has 0 saturated heterocycles. The fraction of sp³-hybridized carbons (Fsp3) is 0.0385. The second-order valence-electron chi connectivity index (χ2n) is 7.04. The van der Waals surface area contributed by atoms with Gasteiger partial charge in [0.25, 0.3) is 0 Å². The van der Waals surface area contributed by atoms with E-state index in [1.165, 1.54) is 5.56 Å². The van der Waals surface area contributed by atoms with E-state index in [0.29, 0.717) is 5.76 Å².